The first-order valence-electron chi connectivity index (χ1n) is 39.7. The standard InChI is InChI=1S/C14H16.2C12H16F2.C12H18O2.C12H18.2C11H16.C7H14O.C7H14/c1-11(2)10-13-8-5-7-12-6-3-4-9-14(12)13;2*1-9(2)11(12(3,13)14)10-7-5-4-6-8-10;1-9(2)7-10-5-6-11(13-3)12(8-10)14-4;1-9(2)11(4)12-7-5-10(3)6-8-12;1-9(2)8-11-6-4-10(3)5-7-11;1-9(2)7-11-6-4-5-10(3)8-11;1-5(2)7(8)6-3-4-6;1-6(2)5-7-3-4-7/h3-9,11H,10H2,1-2H3;2*4-9,11H,1-3H3;5-6,8-9H,7H2,1-4H3;5-9,11H,1-4H3;4-7,9H,8H2,1-3H3;4-6,8-9H,7H2,1-3H3;5-8H,3-4H2,1-2H3;6-7H,3-5H2,1-2H3/t;11-;;;11-;;;;/m.0..0..../s1. The van der Waals surface area contributed by atoms with Gasteiger partial charge in [0, 0.05) is 11.8 Å². The molecule has 7 heteroatoms. The molecule has 8 aromatic rings. The van der Waals surface area contributed by atoms with Crippen molar-refractivity contribution < 1.29 is 32.1 Å². The van der Waals surface area contributed by atoms with Crippen LogP contribution in [0.2, 0.25) is 0 Å². The van der Waals surface area contributed by atoms with Gasteiger partial charge >= 0.3 is 0 Å². The lowest BCUT2D eigenvalue weighted by Gasteiger charge is -2.27. The van der Waals surface area contributed by atoms with Gasteiger partial charge in [0.25, 0.3) is 11.8 Å². The SMILES string of the molecule is CC(C)C(O)C1CC1.CC(C)C(c1ccccc1)C(C)(F)F.CC(C)CC1CC1.CC(C)Cc1cccc2ccccc12.CC(C)[C@@H](c1ccccc1)C(C)(F)F.COc1ccc(CC(C)C)cc1OC.Cc1ccc(CC(C)C)cc1.Cc1ccc([C@@H](C)C(C)C)cc1.Cc1cccc(CC(C)C)c1. The van der Waals surface area contributed by atoms with Gasteiger partial charge in [0.1, 0.15) is 0 Å². The van der Waals surface area contributed by atoms with Gasteiger partial charge in [-0.25, -0.2) is 17.6 Å². The van der Waals surface area contributed by atoms with Crippen molar-refractivity contribution in [2.45, 2.75) is 260 Å². The lowest BCUT2D eigenvalue weighted by atomic mass is 9.84. The van der Waals surface area contributed by atoms with Crippen LogP contribution < -0.4 is 9.47 Å². The Morgan fingerprint density at radius 1 is 0.371 bits per heavy atom. The average molecular weight is 1450 g/mol. The zero-order chi connectivity index (χ0) is 79.1. The Hall–Kier alpha value is -6.70. The van der Waals surface area contributed by atoms with Crippen LogP contribution in [0.25, 0.3) is 10.8 Å². The Bertz CT molecular complexity index is 3430. The normalized spacial score (nSPS) is 13.7. The van der Waals surface area contributed by atoms with Crippen LogP contribution in [0.4, 0.5) is 17.6 Å². The molecule has 105 heavy (non-hydrogen) atoms. The number of rotatable bonds is 22. The highest BCUT2D eigenvalue weighted by atomic mass is 19.3. The van der Waals surface area contributed by atoms with E-state index in [1.54, 1.807) is 62.8 Å². The molecule has 0 bridgehead atoms. The van der Waals surface area contributed by atoms with Crippen LogP contribution in [0.5, 0.6) is 11.5 Å². The van der Waals surface area contributed by atoms with Gasteiger partial charge in [-0.3, -0.25) is 0 Å². The topological polar surface area (TPSA) is 38.7 Å². The van der Waals surface area contributed by atoms with Crippen LogP contribution in [0.3, 0.4) is 0 Å². The number of alkyl halides is 4. The number of hydrogen-bond acceptors (Lipinski definition) is 3. The van der Waals surface area contributed by atoms with Crippen LogP contribution in [-0.2, 0) is 25.7 Å². The zero-order valence-electron chi connectivity index (χ0n) is 70.3. The largest absolute Gasteiger partial charge is 0.493 e. The highest BCUT2D eigenvalue weighted by Crippen LogP contribution is 2.41. The summed E-state index contributed by atoms with van der Waals surface area (Å²) in [6, 6.07) is 65.6. The van der Waals surface area contributed by atoms with E-state index in [9.17, 15) is 22.7 Å². The lowest BCUT2D eigenvalue weighted by Crippen LogP contribution is -2.26. The molecule has 2 aliphatic rings. The molecule has 0 aliphatic heterocycles. The first-order chi connectivity index (χ1) is 49.3. The van der Waals surface area contributed by atoms with E-state index in [0.29, 0.717) is 23.7 Å². The van der Waals surface area contributed by atoms with Gasteiger partial charge in [-0.15, -0.1) is 0 Å². The average Bonchev–Trinajstić information content (AvgIpc) is 1.62. The fourth-order valence-corrected chi connectivity index (χ4v) is 13.0. The molecule has 2 aliphatic carbocycles. The summed E-state index contributed by atoms with van der Waals surface area (Å²) in [4.78, 5) is 0. The van der Waals surface area contributed by atoms with E-state index in [1.807, 2.05) is 52.0 Å². The maximum atomic E-state index is 13.3. The number of aryl methyl sites for hydroxylation is 3. The third-order valence-electron chi connectivity index (χ3n) is 18.7. The molecule has 0 amide bonds. The maximum Gasteiger partial charge on any atom is 0.252 e. The van der Waals surface area contributed by atoms with Crippen molar-refractivity contribution >= 4 is 10.8 Å². The molecule has 0 heterocycles. The number of hydrogen-bond donors (Lipinski definition) is 1. The fourth-order valence-electron chi connectivity index (χ4n) is 13.0. The van der Waals surface area contributed by atoms with E-state index in [4.69, 9.17) is 9.47 Å². The van der Waals surface area contributed by atoms with Crippen molar-refractivity contribution in [3.8, 4) is 11.5 Å². The molecular formula is C98H144F4O3. The van der Waals surface area contributed by atoms with Crippen molar-refractivity contribution in [1.29, 1.82) is 0 Å². The summed E-state index contributed by atoms with van der Waals surface area (Å²) in [6.45, 7) is 49.2. The van der Waals surface area contributed by atoms with E-state index in [2.05, 4.69) is 246 Å². The molecule has 2 unspecified atom stereocenters. The van der Waals surface area contributed by atoms with Crippen molar-refractivity contribution in [1.82, 2.24) is 0 Å². The first-order valence-corrected chi connectivity index (χ1v) is 39.7. The Morgan fingerprint density at radius 2 is 0.781 bits per heavy atom. The Kier molecular flexibility index (Phi) is 44.3. The van der Waals surface area contributed by atoms with Crippen LogP contribution in [0.15, 0.2) is 194 Å². The van der Waals surface area contributed by atoms with Crippen molar-refractivity contribution in [2.75, 3.05) is 14.2 Å². The minimum absolute atomic E-state index is 0.0185. The van der Waals surface area contributed by atoms with Gasteiger partial charge < -0.3 is 14.6 Å². The number of benzene rings is 8. The van der Waals surface area contributed by atoms with Gasteiger partial charge in [0.05, 0.1) is 20.3 Å². The summed E-state index contributed by atoms with van der Waals surface area (Å²) in [5.74, 6) is 2.27. The Labute approximate surface area is 639 Å². The molecule has 2 saturated carbocycles. The number of aliphatic hydroxyl groups is 1. The summed E-state index contributed by atoms with van der Waals surface area (Å²) in [5, 5.41) is 12.0. The molecule has 4 atom stereocenters. The second kappa shape index (κ2) is 49.3. The Morgan fingerprint density at radius 3 is 1.15 bits per heavy atom. The van der Waals surface area contributed by atoms with Crippen LogP contribution >= 0.6 is 0 Å². The molecule has 582 valence electrons. The molecule has 3 nitrogen and oxygen atoms in total. The molecule has 10 rings (SSSR count). The quantitative estimate of drug-likeness (QED) is 0.0688. The van der Waals surface area contributed by atoms with Gasteiger partial charge in [-0.2, -0.15) is 0 Å². The molecule has 0 radical (unpaired) electrons. The maximum absolute atomic E-state index is 13.3. The fraction of sp³-hybridized carbons (Fsp3) is 0.531. The predicted molar refractivity (Wildman–Crippen MR) is 449 cm³/mol. The smallest absolute Gasteiger partial charge is 0.252 e. The molecule has 0 spiro atoms. The predicted octanol–water partition coefficient (Wildman–Crippen LogP) is 29.1. The number of ether oxygens (including phenoxy) is 2. The monoisotopic (exact) mass is 1450 g/mol. The van der Waals surface area contributed by atoms with Gasteiger partial charge in [0.15, 0.2) is 11.5 Å². The number of aliphatic hydroxyl groups excluding tert-OH is 1. The van der Waals surface area contributed by atoms with Gasteiger partial charge in [-0.05, 0) is 212 Å². The molecule has 1 N–H and O–H groups in total. The van der Waals surface area contributed by atoms with Crippen molar-refractivity contribution in [3.63, 3.8) is 0 Å². The van der Waals surface area contributed by atoms with Crippen LogP contribution in [-0.4, -0.2) is 37.3 Å². The van der Waals surface area contributed by atoms with Crippen LogP contribution in [0.1, 0.15) is 251 Å². The minimum Gasteiger partial charge on any atom is -0.493 e. The summed E-state index contributed by atoms with van der Waals surface area (Å²) >= 11 is 0. The van der Waals surface area contributed by atoms with Crippen LogP contribution in [0, 0.1) is 85.9 Å². The second-order valence-corrected chi connectivity index (χ2v) is 33.5. The zero-order valence-corrected chi connectivity index (χ0v) is 70.3. The summed E-state index contributed by atoms with van der Waals surface area (Å²) in [7, 11) is 3.32. The van der Waals surface area contributed by atoms with Crippen molar-refractivity contribution in [2.24, 2.45) is 65.1 Å². The highest BCUT2D eigenvalue weighted by Gasteiger charge is 2.38. The van der Waals surface area contributed by atoms with Gasteiger partial charge in [-0.1, -0.05) is 343 Å². The van der Waals surface area contributed by atoms with Crippen molar-refractivity contribution in [3.05, 3.63) is 250 Å². The van der Waals surface area contributed by atoms with E-state index < -0.39 is 23.7 Å². The second-order valence-electron chi connectivity index (χ2n) is 33.5. The van der Waals surface area contributed by atoms with E-state index in [-0.39, 0.29) is 17.9 Å². The number of methoxy groups -OCH3 is 2. The first kappa shape index (κ1) is 94.4. The Balaban J connectivity index is 0.000000404. The summed E-state index contributed by atoms with van der Waals surface area (Å²) < 4.78 is 63.7. The molecule has 8 aromatic carbocycles. The molecule has 0 saturated heterocycles. The highest BCUT2D eigenvalue weighted by molar-refractivity contribution is 5.85. The third kappa shape index (κ3) is 40.7. The molecule has 2 fully saturated rings. The van der Waals surface area contributed by atoms with Gasteiger partial charge in [0.2, 0.25) is 0 Å². The summed E-state index contributed by atoms with van der Waals surface area (Å²) in [5.41, 5.74) is 12.6. The number of halogens is 4. The molecule has 0 aromatic heterocycles. The molecular weight excluding hydrogens is 1300 g/mol. The van der Waals surface area contributed by atoms with E-state index in [0.717, 1.165) is 78.4 Å². The summed E-state index contributed by atoms with van der Waals surface area (Å²) in [6.07, 6.45) is 11.6. The minimum atomic E-state index is -2.66. The third-order valence-corrected chi connectivity index (χ3v) is 18.7. The lowest BCUT2D eigenvalue weighted by molar-refractivity contribution is -0.0235. The number of fused-ring (bicyclic) bond motifs is 1. The van der Waals surface area contributed by atoms with E-state index >= 15 is 0 Å². The van der Waals surface area contributed by atoms with E-state index in [1.165, 1.54) is 107 Å².